The molecular formula is C21H26N4O3. The van der Waals surface area contributed by atoms with E-state index in [1.807, 2.05) is 6.07 Å². The van der Waals surface area contributed by atoms with E-state index in [2.05, 4.69) is 39.4 Å². The fourth-order valence-electron chi connectivity index (χ4n) is 3.44. The predicted molar refractivity (Wildman–Crippen MR) is 108 cm³/mol. The summed E-state index contributed by atoms with van der Waals surface area (Å²) in [7, 11) is 0. The standard InChI is InChI=1S/C21H26N4O3/c26-21(19-9-4-5-10-20(19)25(27)28)22-11-6-12-23-13-15-24(16-14-23)17-18-7-2-1-3-8-18/h1-5,7-10H,6,11-17H2,(H,22,26). The third-order valence-electron chi connectivity index (χ3n) is 5.00. The van der Waals surface area contributed by atoms with Crippen LogP contribution in [0.4, 0.5) is 5.69 Å². The van der Waals surface area contributed by atoms with E-state index < -0.39 is 4.92 Å². The number of nitro benzene ring substituents is 1. The van der Waals surface area contributed by atoms with Crippen molar-refractivity contribution in [1.29, 1.82) is 0 Å². The van der Waals surface area contributed by atoms with Gasteiger partial charge in [0, 0.05) is 45.3 Å². The Hall–Kier alpha value is -2.77. The SMILES string of the molecule is O=C(NCCCN1CCN(Cc2ccccc2)CC1)c1ccccc1[N+](=O)[O-]. The zero-order chi connectivity index (χ0) is 19.8. The Morgan fingerprint density at radius 1 is 0.964 bits per heavy atom. The van der Waals surface area contributed by atoms with Gasteiger partial charge in [-0.05, 0) is 24.6 Å². The fourth-order valence-corrected chi connectivity index (χ4v) is 3.44. The van der Waals surface area contributed by atoms with Crippen LogP contribution in [0.1, 0.15) is 22.3 Å². The summed E-state index contributed by atoms with van der Waals surface area (Å²) in [5.74, 6) is -0.389. The van der Waals surface area contributed by atoms with Crippen molar-refractivity contribution in [3.8, 4) is 0 Å². The van der Waals surface area contributed by atoms with E-state index in [1.165, 1.54) is 17.7 Å². The molecule has 0 aromatic heterocycles. The Morgan fingerprint density at radius 3 is 2.32 bits per heavy atom. The van der Waals surface area contributed by atoms with Gasteiger partial charge in [0.15, 0.2) is 0 Å². The van der Waals surface area contributed by atoms with Crippen molar-refractivity contribution in [2.45, 2.75) is 13.0 Å². The zero-order valence-electron chi connectivity index (χ0n) is 15.9. The lowest BCUT2D eigenvalue weighted by Crippen LogP contribution is -2.46. The summed E-state index contributed by atoms with van der Waals surface area (Å²) in [6.45, 7) is 6.52. The highest BCUT2D eigenvalue weighted by atomic mass is 16.6. The van der Waals surface area contributed by atoms with Crippen LogP contribution in [0.5, 0.6) is 0 Å². The third-order valence-corrected chi connectivity index (χ3v) is 5.00. The summed E-state index contributed by atoms with van der Waals surface area (Å²) in [5.41, 5.74) is 1.30. The summed E-state index contributed by atoms with van der Waals surface area (Å²) in [6, 6.07) is 16.5. The molecule has 7 nitrogen and oxygen atoms in total. The summed E-state index contributed by atoms with van der Waals surface area (Å²) >= 11 is 0. The number of piperazine rings is 1. The number of hydrogen-bond donors (Lipinski definition) is 1. The van der Waals surface area contributed by atoms with Crippen LogP contribution >= 0.6 is 0 Å². The number of nitrogens with one attached hydrogen (secondary N) is 1. The van der Waals surface area contributed by atoms with E-state index in [9.17, 15) is 14.9 Å². The lowest BCUT2D eigenvalue weighted by Gasteiger charge is -2.34. The third kappa shape index (κ3) is 5.61. The molecule has 0 spiro atoms. The molecule has 2 aromatic carbocycles. The summed E-state index contributed by atoms with van der Waals surface area (Å²) < 4.78 is 0. The van der Waals surface area contributed by atoms with Gasteiger partial charge in [-0.3, -0.25) is 19.8 Å². The molecule has 1 N–H and O–H groups in total. The highest BCUT2D eigenvalue weighted by Crippen LogP contribution is 2.17. The van der Waals surface area contributed by atoms with Gasteiger partial charge in [0.1, 0.15) is 5.56 Å². The number of nitrogens with zero attached hydrogens (tertiary/aromatic N) is 3. The lowest BCUT2D eigenvalue weighted by atomic mass is 10.1. The molecule has 0 radical (unpaired) electrons. The predicted octanol–water partition coefficient (Wildman–Crippen LogP) is 2.53. The van der Waals surface area contributed by atoms with Crippen LogP contribution < -0.4 is 5.32 Å². The van der Waals surface area contributed by atoms with E-state index in [0.717, 1.165) is 45.7 Å². The molecule has 1 fully saturated rings. The molecule has 0 bridgehead atoms. The van der Waals surface area contributed by atoms with Gasteiger partial charge >= 0.3 is 0 Å². The van der Waals surface area contributed by atoms with Crippen molar-refractivity contribution in [3.63, 3.8) is 0 Å². The van der Waals surface area contributed by atoms with Crippen LogP contribution in [-0.4, -0.2) is 59.9 Å². The Kier molecular flexibility index (Phi) is 7.11. The minimum absolute atomic E-state index is 0.113. The molecule has 0 unspecified atom stereocenters. The van der Waals surface area contributed by atoms with Crippen LogP contribution in [-0.2, 0) is 6.54 Å². The second-order valence-corrected chi connectivity index (χ2v) is 6.99. The number of amides is 1. The Bertz CT molecular complexity index is 789. The molecule has 28 heavy (non-hydrogen) atoms. The van der Waals surface area contributed by atoms with Crippen LogP contribution in [0.2, 0.25) is 0 Å². The number of carbonyl (C=O) groups is 1. The van der Waals surface area contributed by atoms with E-state index >= 15 is 0 Å². The van der Waals surface area contributed by atoms with E-state index in [-0.39, 0.29) is 17.2 Å². The number of rotatable bonds is 8. The Morgan fingerprint density at radius 2 is 1.61 bits per heavy atom. The highest BCUT2D eigenvalue weighted by molar-refractivity contribution is 5.98. The van der Waals surface area contributed by atoms with Crippen molar-refractivity contribution in [3.05, 3.63) is 75.8 Å². The first kappa shape index (κ1) is 20.0. The van der Waals surface area contributed by atoms with Gasteiger partial charge in [-0.1, -0.05) is 42.5 Å². The van der Waals surface area contributed by atoms with Crippen molar-refractivity contribution in [1.82, 2.24) is 15.1 Å². The molecule has 148 valence electrons. The van der Waals surface area contributed by atoms with Gasteiger partial charge in [0.05, 0.1) is 4.92 Å². The van der Waals surface area contributed by atoms with Gasteiger partial charge in [-0.2, -0.15) is 0 Å². The lowest BCUT2D eigenvalue weighted by molar-refractivity contribution is -0.385. The Labute approximate surface area is 165 Å². The van der Waals surface area contributed by atoms with Crippen molar-refractivity contribution in [2.75, 3.05) is 39.3 Å². The maximum atomic E-state index is 12.2. The first-order valence-corrected chi connectivity index (χ1v) is 9.64. The van der Waals surface area contributed by atoms with Gasteiger partial charge in [-0.25, -0.2) is 0 Å². The largest absolute Gasteiger partial charge is 0.352 e. The molecule has 0 aliphatic carbocycles. The monoisotopic (exact) mass is 382 g/mol. The average Bonchev–Trinajstić information content (AvgIpc) is 2.73. The van der Waals surface area contributed by atoms with Gasteiger partial charge in [-0.15, -0.1) is 0 Å². The summed E-state index contributed by atoms with van der Waals surface area (Å²) in [6.07, 6.45) is 0.824. The van der Waals surface area contributed by atoms with Crippen LogP contribution in [0.3, 0.4) is 0 Å². The maximum absolute atomic E-state index is 12.2. The van der Waals surface area contributed by atoms with E-state index in [0.29, 0.717) is 6.54 Å². The van der Waals surface area contributed by atoms with Gasteiger partial charge < -0.3 is 10.2 Å². The molecule has 0 saturated carbocycles. The molecule has 2 aromatic rings. The molecule has 1 heterocycles. The second kappa shape index (κ2) is 9.96. The molecule has 3 rings (SSSR count). The van der Waals surface area contributed by atoms with Crippen LogP contribution in [0, 0.1) is 10.1 Å². The summed E-state index contributed by atoms with van der Waals surface area (Å²) in [5, 5.41) is 13.8. The second-order valence-electron chi connectivity index (χ2n) is 6.99. The van der Waals surface area contributed by atoms with E-state index in [4.69, 9.17) is 0 Å². The van der Waals surface area contributed by atoms with E-state index in [1.54, 1.807) is 12.1 Å². The number of benzene rings is 2. The molecule has 1 aliphatic heterocycles. The van der Waals surface area contributed by atoms with Crippen molar-refractivity contribution in [2.24, 2.45) is 0 Å². The minimum Gasteiger partial charge on any atom is -0.352 e. The first-order valence-electron chi connectivity index (χ1n) is 9.64. The van der Waals surface area contributed by atoms with Crippen LogP contribution in [0.15, 0.2) is 54.6 Å². The van der Waals surface area contributed by atoms with Crippen molar-refractivity contribution < 1.29 is 9.72 Å². The average molecular weight is 382 g/mol. The number of carbonyl (C=O) groups excluding carboxylic acids is 1. The Balaban J connectivity index is 1.35. The molecule has 1 saturated heterocycles. The maximum Gasteiger partial charge on any atom is 0.282 e. The normalized spacial score (nSPS) is 15.3. The van der Waals surface area contributed by atoms with Crippen molar-refractivity contribution >= 4 is 11.6 Å². The zero-order valence-corrected chi connectivity index (χ0v) is 15.9. The summed E-state index contributed by atoms with van der Waals surface area (Å²) in [4.78, 5) is 27.6. The molecule has 1 amide bonds. The number of hydrogen-bond acceptors (Lipinski definition) is 5. The van der Waals surface area contributed by atoms with Crippen LogP contribution in [0.25, 0.3) is 0 Å². The minimum atomic E-state index is -0.524. The fraction of sp³-hybridized carbons (Fsp3) is 0.381. The van der Waals surface area contributed by atoms with Gasteiger partial charge in [0.25, 0.3) is 11.6 Å². The first-order chi connectivity index (χ1) is 13.6. The van der Waals surface area contributed by atoms with Gasteiger partial charge in [0.2, 0.25) is 0 Å². The quantitative estimate of drug-likeness (QED) is 0.431. The number of nitro groups is 1. The highest BCUT2D eigenvalue weighted by Gasteiger charge is 2.19. The smallest absolute Gasteiger partial charge is 0.282 e. The molecule has 0 atom stereocenters. The molecular weight excluding hydrogens is 356 g/mol. The number of para-hydroxylation sites is 1. The topological polar surface area (TPSA) is 78.7 Å². The molecule has 7 heteroatoms. The molecule has 1 aliphatic rings.